The molecule has 1 aliphatic rings. The summed E-state index contributed by atoms with van der Waals surface area (Å²) in [5.41, 5.74) is 3.54. The largest absolute Gasteiger partial charge is 0.441 e. The molecule has 7 heteroatoms. The Hall–Kier alpha value is -2.90. The lowest BCUT2D eigenvalue weighted by molar-refractivity contribution is -0.118. The maximum Gasteiger partial charge on any atom is 0.286 e. The molecule has 3 aromatic rings. The molecular weight excluding hydrogens is 400 g/mol. The summed E-state index contributed by atoms with van der Waals surface area (Å²) in [5, 5.41) is 12.2. The van der Waals surface area contributed by atoms with Gasteiger partial charge in [-0.2, -0.15) is 0 Å². The summed E-state index contributed by atoms with van der Waals surface area (Å²) in [6, 6.07) is 17.3. The molecule has 2 heterocycles. The van der Waals surface area contributed by atoms with Crippen LogP contribution in [0.3, 0.4) is 0 Å². The number of thioether (sulfide) groups is 1. The summed E-state index contributed by atoms with van der Waals surface area (Å²) in [6.45, 7) is 1.89. The highest BCUT2D eigenvalue weighted by atomic mass is 32.2. The van der Waals surface area contributed by atoms with E-state index in [-0.39, 0.29) is 16.4 Å². The first-order valence-corrected chi connectivity index (χ1v) is 10.7. The maximum absolute atomic E-state index is 11.7. The molecule has 1 fully saturated rings. The van der Waals surface area contributed by atoms with Crippen molar-refractivity contribution in [3.05, 3.63) is 77.2 Å². The van der Waals surface area contributed by atoms with Crippen molar-refractivity contribution >= 4 is 22.9 Å². The molecule has 2 N–H and O–H groups in total. The quantitative estimate of drug-likeness (QED) is 0.593. The van der Waals surface area contributed by atoms with Gasteiger partial charge in [-0.25, -0.2) is 4.98 Å². The van der Waals surface area contributed by atoms with Gasteiger partial charge in [-0.1, -0.05) is 54.2 Å². The summed E-state index contributed by atoms with van der Waals surface area (Å²) in [4.78, 5) is 27.6. The molecule has 1 saturated heterocycles. The minimum absolute atomic E-state index is 0.244. The minimum atomic E-state index is -0.624. The van der Waals surface area contributed by atoms with Crippen LogP contribution >= 0.6 is 11.8 Å². The van der Waals surface area contributed by atoms with Crippen molar-refractivity contribution in [2.75, 3.05) is 0 Å². The Morgan fingerprint density at radius 1 is 1.13 bits per heavy atom. The van der Waals surface area contributed by atoms with E-state index in [1.54, 1.807) is 0 Å². The van der Waals surface area contributed by atoms with E-state index in [0.717, 1.165) is 39.9 Å². The lowest BCUT2D eigenvalue weighted by Gasteiger charge is -2.12. The maximum atomic E-state index is 11.7. The van der Waals surface area contributed by atoms with Gasteiger partial charge >= 0.3 is 0 Å². The molecular formula is C23H22N2O4S. The number of rotatable bonds is 7. The van der Waals surface area contributed by atoms with Gasteiger partial charge in [-0.15, -0.1) is 0 Å². The van der Waals surface area contributed by atoms with Gasteiger partial charge in [0.25, 0.3) is 5.24 Å². The highest BCUT2D eigenvalue weighted by molar-refractivity contribution is 8.15. The smallest absolute Gasteiger partial charge is 0.286 e. The van der Waals surface area contributed by atoms with Crippen LogP contribution in [-0.2, 0) is 17.6 Å². The van der Waals surface area contributed by atoms with E-state index in [1.165, 1.54) is 0 Å². The summed E-state index contributed by atoms with van der Waals surface area (Å²) in [5.74, 6) is 1.11. The standard InChI is InChI=1S/C23H22N2O4S/c1-14-18(24-22(29-14)17-5-3-2-4-6-17)11-12-19(26)16-9-7-15(8-10-16)13-20-21(27)25-23(28)30-20/h2-10,19-20,26H,11-13H2,1H3,(H,25,27,28)/t19-,20-/m0/s1. The van der Waals surface area contributed by atoms with E-state index in [2.05, 4.69) is 10.3 Å². The number of hydrogen-bond donors (Lipinski definition) is 2. The fourth-order valence-electron chi connectivity index (χ4n) is 3.42. The zero-order valence-electron chi connectivity index (χ0n) is 16.5. The third-order valence-corrected chi connectivity index (χ3v) is 6.10. The zero-order valence-corrected chi connectivity index (χ0v) is 17.3. The summed E-state index contributed by atoms with van der Waals surface area (Å²) in [6.07, 6.45) is 0.989. The number of carbonyl (C=O) groups excluding carboxylic acids is 2. The first-order valence-electron chi connectivity index (χ1n) is 9.79. The fraction of sp³-hybridized carbons (Fsp3) is 0.261. The van der Waals surface area contributed by atoms with E-state index in [4.69, 9.17) is 4.42 Å². The number of oxazole rings is 1. The predicted molar refractivity (Wildman–Crippen MR) is 115 cm³/mol. The second kappa shape index (κ2) is 8.85. The van der Waals surface area contributed by atoms with Crippen LogP contribution in [0.2, 0.25) is 0 Å². The average Bonchev–Trinajstić information content (AvgIpc) is 3.28. The van der Waals surface area contributed by atoms with Crippen molar-refractivity contribution < 1.29 is 19.1 Å². The number of aryl methyl sites for hydroxylation is 2. The fourth-order valence-corrected chi connectivity index (χ4v) is 4.28. The van der Waals surface area contributed by atoms with Gasteiger partial charge in [0, 0.05) is 5.56 Å². The minimum Gasteiger partial charge on any atom is -0.441 e. The molecule has 6 nitrogen and oxygen atoms in total. The zero-order chi connectivity index (χ0) is 21.1. The molecule has 4 rings (SSSR count). The number of aliphatic hydroxyl groups is 1. The third kappa shape index (κ3) is 4.63. The van der Waals surface area contributed by atoms with Gasteiger partial charge in [0.2, 0.25) is 11.8 Å². The predicted octanol–water partition coefficient (Wildman–Crippen LogP) is 4.21. The van der Waals surface area contributed by atoms with E-state index >= 15 is 0 Å². The lowest BCUT2D eigenvalue weighted by atomic mass is 10.0. The second-order valence-electron chi connectivity index (χ2n) is 7.27. The molecule has 1 aromatic heterocycles. The Kier molecular flexibility index (Phi) is 6.01. The lowest BCUT2D eigenvalue weighted by Crippen LogP contribution is -2.25. The molecule has 0 unspecified atom stereocenters. The number of nitrogens with zero attached hydrogens (tertiary/aromatic N) is 1. The second-order valence-corrected chi connectivity index (χ2v) is 8.45. The van der Waals surface area contributed by atoms with Crippen LogP contribution in [0.25, 0.3) is 11.5 Å². The van der Waals surface area contributed by atoms with E-state index in [0.29, 0.717) is 25.2 Å². The Morgan fingerprint density at radius 2 is 1.87 bits per heavy atom. The van der Waals surface area contributed by atoms with Gasteiger partial charge in [0.05, 0.1) is 17.0 Å². The molecule has 1 aliphatic heterocycles. The van der Waals surface area contributed by atoms with Crippen LogP contribution in [0.1, 0.15) is 35.1 Å². The number of hydrogen-bond acceptors (Lipinski definition) is 6. The number of amides is 2. The van der Waals surface area contributed by atoms with Gasteiger partial charge < -0.3 is 9.52 Å². The van der Waals surface area contributed by atoms with Gasteiger partial charge in [0.15, 0.2) is 0 Å². The van der Waals surface area contributed by atoms with Gasteiger partial charge in [-0.3, -0.25) is 14.9 Å². The first kappa shape index (κ1) is 20.4. The Bertz CT molecular complexity index is 1050. The van der Waals surface area contributed by atoms with Gasteiger partial charge in [-0.05, 0) is 49.4 Å². The van der Waals surface area contributed by atoms with Crippen LogP contribution < -0.4 is 5.32 Å². The van der Waals surface area contributed by atoms with Crippen LogP contribution in [0.15, 0.2) is 59.0 Å². The Labute approximate surface area is 178 Å². The van der Waals surface area contributed by atoms with Crippen molar-refractivity contribution in [2.24, 2.45) is 0 Å². The van der Waals surface area contributed by atoms with Crippen molar-refractivity contribution in [1.29, 1.82) is 0 Å². The summed E-state index contributed by atoms with van der Waals surface area (Å²) < 4.78 is 5.78. The molecule has 0 radical (unpaired) electrons. The van der Waals surface area contributed by atoms with Crippen LogP contribution in [0.5, 0.6) is 0 Å². The molecule has 2 atom stereocenters. The molecule has 0 bridgehead atoms. The molecule has 0 spiro atoms. The molecule has 154 valence electrons. The van der Waals surface area contributed by atoms with Crippen molar-refractivity contribution in [3.63, 3.8) is 0 Å². The molecule has 0 saturated carbocycles. The molecule has 0 aliphatic carbocycles. The van der Waals surface area contributed by atoms with E-state index in [1.807, 2.05) is 61.5 Å². The Morgan fingerprint density at radius 3 is 2.53 bits per heavy atom. The SMILES string of the molecule is Cc1oc(-c2ccccc2)nc1CC[C@H](O)c1ccc(C[C@@H]2SC(=O)NC2=O)cc1. The summed E-state index contributed by atoms with van der Waals surface area (Å²) in [7, 11) is 0. The van der Waals surface area contributed by atoms with E-state index < -0.39 is 6.10 Å². The topological polar surface area (TPSA) is 92.4 Å². The highest BCUT2D eigenvalue weighted by Crippen LogP contribution is 2.26. The normalized spacial score (nSPS) is 17.2. The Balaban J connectivity index is 1.35. The summed E-state index contributed by atoms with van der Waals surface area (Å²) >= 11 is 1.02. The number of aliphatic hydroxyl groups excluding tert-OH is 1. The number of benzene rings is 2. The highest BCUT2D eigenvalue weighted by Gasteiger charge is 2.31. The first-order chi connectivity index (χ1) is 14.5. The molecule has 2 aromatic carbocycles. The number of imide groups is 1. The van der Waals surface area contributed by atoms with Crippen LogP contribution in [0.4, 0.5) is 4.79 Å². The van der Waals surface area contributed by atoms with Crippen molar-refractivity contribution in [1.82, 2.24) is 10.3 Å². The number of nitrogens with one attached hydrogen (secondary N) is 1. The van der Waals surface area contributed by atoms with Crippen LogP contribution in [-0.4, -0.2) is 26.5 Å². The van der Waals surface area contributed by atoms with Crippen LogP contribution in [0, 0.1) is 6.92 Å². The monoisotopic (exact) mass is 422 g/mol. The van der Waals surface area contributed by atoms with Crippen molar-refractivity contribution in [3.8, 4) is 11.5 Å². The van der Waals surface area contributed by atoms with Gasteiger partial charge in [0.1, 0.15) is 5.76 Å². The third-order valence-electron chi connectivity index (χ3n) is 5.12. The van der Waals surface area contributed by atoms with E-state index in [9.17, 15) is 14.7 Å². The molecule has 30 heavy (non-hydrogen) atoms. The average molecular weight is 423 g/mol. The van der Waals surface area contributed by atoms with Crippen molar-refractivity contribution in [2.45, 2.75) is 37.5 Å². The number of carbonyl (C=O) groups is 2. The molecule has 2 amide bonds. The number of aromatic nitrogens is 1.